The van der Waals surface area contributed by atoms with E-state index < -0.39 is 12.0 Å². The van der Waals surface area contributed by atoms with Crippen LogP contribution in [0.5, 0.6) is 0 Å². The maximum atomic E-state index is 13.0. The number of hydrogen-bond donors (Lipinski definition) is 2. The molecular weight excluding hydrogens is 293 g/mol. The normalized spacial score (nSPS) is 11.9. The number of aromatic amines is 1. The highest BCUT2D eigenvalue weighted by Crippen LogP contribution is 2.32. The first-order valence-electron chi connectivity index (χ1n) is 6.62. The fourth-order valence-corrected chi connectivity index (χ4v) is 2.20. The Hall–Kier alpha value is -2.57. The van der Waals surface area contributed by atoms with E-state index in [-0.39, 0.29) is 11.5 Å². The third kappa shape index (κ3) is 2.61. The Bertz CT molecular complexity index is 836. The minimum Gasteiger partial charge on any atom is -0.343 e. The van der Waals surface area contributed by atoms with E-state index in [1.54, 1.807) is 25.1 Å². The van der Waals surface area contributed by atoms with Crippen LogP contribution in [0.4, 0.5) is 24.7 Å². The number of alkyl halides is 3. The number of benzene rings is 1. The summed E-state index contributed by atoms with van der Waals surface area (Å²) >= 11 is 0. The Morgan fingerprint density at radius 2 is 1.82 bits per heavy atom. The maximum absolute atomic E-state index is 13.0. The molecule has 4 nitrogen and oxygen atoms in total. The minimum atomic E-state index is -4.60. The van der Waals surface area contributed by atoms with Gasteiger partial charge in [0, 0.05) is 11.4 Å². The zero-order valence-electron chi connectivity index (χ0n) is 11.9. The molecule has 2 heterocycles. The SMILES string of the molecule is Cc1cc2c(Nc3ccccc3C)nc(C(F)(F)F)nc2[nH]1. The van der Waals surface area contributed by atoms with E-state index in [2.05, 4.69) is 20.3 Å². The van der Waals surface area contributed by atoms with Crippen molar-refractivity contribution in [2.45, 2.75) is 20.0 Å². The quantitative estimate of drug-likeness (QED) is 0.740. The van der Waals surface area contributed by atoms with Crippen molar-refractivity contribution in [2.24, 2.45) is 0 Å². The highest BCUT2D eigenvalue weighted by atomic mass is 19.4. The highest BCUT2D eigenvalue weighted by Gasteiger charge is 2.36. The lowest BCUT2D eigenvalue weighted by Gasteiger charge is -2.12. The number of aromatic nitrogens is 3. The Morgan fingerprint density at radius 1 is 1.09 bits per heavy atom. The third-order valence-electron chi connectivity index (χ3n) is 3.27. The molecule has 0 unspecified atom stereocenters. The Morgan fingerprint density at radius 3 is 2.50 bits per heavy atom. The summed E-state index contributed by atoms with van der Waals surface area (Å²) in [5.41, 5.74) is 2.50. The Kier molecular flexibility index (Phi) is 3.27. The van der Waals surface area contributed by atoms with Gasteiger partial charge in [-0.3, -0.25) is 0 Å². The Balaban J connectivity index is 2.16. The molecule has 0 saturated heterocycles. The largest absolute Gasteiger partial charge is 0.451 e. The van der Waals surface area contributed by atoms with E-state index in [1.165, 1.54) is 0 Å². The zero-order valence-corrected chi connectivity index (χ0v) is 11.9. The van der Waals surface area contributed by atoms with Gasteiger partial charge in [-0.2, -0.15) is 13.2 Å². The number of nitrogens with zero attached hydrogens (tertiary/aromatic N) is 2. The number of aryl methyl sites for hydroxylation is 2. The fraction of sp³-hybridized carbons (Fsp3) is 0.200. The first kappa shape index (κ1) is 14.4. The molecule has 0 radical (unpaired) electrons. The average Bonchev–Trinajstić information content (AvgIpc) is 2.81. The number of halogens is 3. The minimum absolute atomic E-state index is 0.135. The molecule has 0 saturated carbocycles. The van der Waals surface area contributed by atoms with Crippen molar-refractivity contribution in [3.63, 3.8) is 0 Å². The van der Waals surface area contributed by atoms with E-state index in [1.807, 2.05) is 19.1 Å². The molecule has 0 spiro atoms. The van der Waals surface area contributed by atoms with Crippen LogP contribution >= 0.6 is 0 Å². The van der Waals surface area contributed by atoms with Crippen LogP contribution in [0.25, 0.3) is 11.0 Å². The molecule has 3 rings (SSSR count). The topological polar surface area (TPSA) is 53.6 Å². The van der Waals surface area contributed by atoms with E-state index in [0.717, 1.165) is 11.3 Å². The molecule has 0 atom stereocenters. The molecule has 0 fully saturated rings. The lowest BCUT2D eigenvalue weighted by molar-refractivity contribution is -0.144. The smallest absolute Gasteiger partial charge is 0.343 e. The van der Waals surface area contributed by atoms with Gasteiger partial charge in [-0.15, -0.1) is 0 Å². The van der Waals surface area contributed by atoms with Crippen molar-refractivity contribution in [1.82, 2.24) is 15.0 Å². The van der Waals surface area contributed by atoms with Crippen molar-refractivity contribution in [2.75, 3.05) is 5.32 Å². The van der Waals surface area contributed by atoms with Crippen molar-refractivity contribution >= 4 is 22.5 Å². The molecule has 114 valence electrons. The fourth-order valence-electron chi connectivity index (χ4n) is 2.20. The van der Waals surface area contributed by atoms with E-state index in [9.17, 15) is 13.2 Å². The summed E-state index contributed by atoms with van der Waals surface area (Å²) in [4.78, 5) is 10.0. The van der Waals surface area contributed by atoms with Gasteiger partial charge < -0.3 is 10.3 Å². The Labute approximate surface area is 124 Å². The number of para-hydroxylation sites is 1. The van der Waals surface area contributed by atoms with Gasteiger partial charge in [0.25, 0.3) is 0 Å². The number of hydrogen-bond acceptors (Lipinski definition) is 3. The third-order valence-corrected chi connectivity index (χ3v) is 3.27. The second-order valence-electron chi connectivity index (χ2n) is 5.05. The van der Waals surface area contributed by atoms with Gasteiger partial charge in [-0.05, 0) is 31.5 Å². The van der Waals surface area contributed by atoms with Gasteiger partial charge in [-0.1, -0.05) is 18.2 Å². The van der Waals surface area contributed by atoms with Gasteiger partial charge >= 0.3 is 6.18 Å². The van der Waals surface area contributed by atoms with Crippen LogP contribution in [0, 0.1) is 13.8 Å². The zero-order chi connectivity index (χ0) is 15.9. The molecule has 7 heteroatoms. The summed E-state index contributed by atoms with van der Waals surface area (Å²) in [6.45, 7) is 3.63. The van der Waals surface area contributed by atoms with Crippen molar-refractivity contribution in [1.29, 1.82) is 0 Å². The molecule has 0 amide bonds. The highest BCUT2D eigenvalue weighted by molar-refractivity contribution is 5.90. The van der Waals surface area contributed by atoms with E-state index in [4.69, 9.17) is 0 Å². The lowest BCUT2D eigenvalue weighted by Crippen LogP contribution is -2.12. The predicted octanol–water partition coefficient (Wildman–Crippen LogP) is 4.34. The predicted molar refractivity (Wildman–Crippen MR) is 78.1 cm³/mol. The molecule has 2 aromatic heterocycles. The number of rotatable bonds is 2. The number of anilines is 2. The molecular formula is C15H13F3N4. The van der Waals surface area contributed by atoms with Crippen LogP contribution in [-0.4, -0.2) is 15.0 Å². The second kappa shape index (κ2) is 5.01. The molecule has 0 aliphatic carbocycles. The first-order chi connectivity index (χ1) is 10.3. The van der Waals surface area contributed by atoms with Crippen molar-refractivity contribution < 1.29 is 13.2 Å². The van der Waals surface area contributed by atoms with Crippen LogP contribution in [0.15, 0.2) is 30.3 Å². The van der Waals surface area contributed by atoms with Crippen LogP contribution < -0.4 is 5.32 Å². The summed E-state index contributed by atoms with van der Waals surface area (Å²) in [5, 5.41) is 3.49. The van der Waals surface area contributed by atoms with Gasteiger partial charge in [-0.25, -0.2) is 9.97 Å². The van der Waals surface area contributed by atoms with Crippen molar-refractivity contribution in [3.05, 3.63) is 47.4 Å². The van der Waals surface area contributed by atoms with Gasteiger partial charge in [0.15, 0.2) is 0 Å². The molecule has 0 aliphatic heterocycles. The number of fused-ring (bicyclic) bond motifs is 1. The summed E-state index contributed by atoms with van der Waals surface area (Å²) in [6.07, 6.45) is -4.60. The number of H-pyrrole nitrogens is 1. The summed E-state index contributed by atoms with van der Waals surface area (Å²) in [5.74, 6) is -1.03. The summed E-state index contributed by atoms with van der Waals surface area (Å²) in [6, 6.07) is 9.04. The van der Waals surface area contributed by atoms with Crippen LogP contribution in [0.3, 0.4) is 0 Å². The second-order valence-corrected chi connectivity index (χ2v) is 5.05. The van der Waals surface area contributed by atoms with Gasteiger partial charge in [0.05, 0.1) is 5.39 Å². The van der Waals surface area contributed by atoms with Gasteiger partial charge in [0.2, 0.25) is 5.82 Å². The summed E-state index contributed by atoms with van der Waals surface area (Å²) in [7, 11) is 0. The molecule has 0 aliphatic rings. The number of nitrogens with one attached hydrogen (secondary N) is 2. The van der Waals surface area contributed by atoms with Crippen LogP contribution in [-0.2, 0) is 6.18 Å². The molecule has 2 N–H and O–H groups in total. The summed E-state index contributed by atoms with van der Waals surface area (Å²) < 4.78 is 38.9. The van der Waals surface area contributed by atoms with E-state index >= 15 is 0 Å². The standard InChI is InChI=1S/C15H13F3N4/c1-8-5-3-4-6-11(8)20-13-10-7-9(2)19-12(10)21-14(22-13)15(16,17)18/h3-7H,1-2H3,(H2,19,20,21,22). The average molecular weight is 306 g/mol. The van der Waals surface area contributed by atoms with E-state index in [0.29, 0.717) is 11.1 Å². The maximum Gasteiger partial charge on any atom is 0.451 e. The molecule has 22 heavy (non-hydrogen) atoms. The molecule has 3 aromatic rings. The van der Waals surface area contributed by atoms with Crippen LogP contribution in [0.2, 0.25) is 0 Å². The van der Waals surface area contributed by atoms with Crippen LogP contribution in [0.1, 0.15) is 17.1 Å². The lowest BCUT2D eigenvalue weighted by atomic mass is 10.2. The van der Waals surface area contributed by atoms with Gasteiger partial charge in [0.1, 0.15) is 11.5 Å². The molecule has 1 aromatic carbocycles. The molecule has 0 bridgehead atoms. The first-order valence-corrected chi connectivity index (χ1v) is 6.62. The monoisotopic (exact) mass is 306 g/mol. The van der Waals surface area contributed by atoms with Crippen molar-refractivity contribution in [3.8, 4) is 0 Å².